The van der Waals surface area contributed by atoms with Gasteiger partial charge < -0.3 is 9.47 Å². The van der Waals surface area contributed by atoms with Gasteiger partial charge in [-0.25, -0.2) is 0 Å². The average molecular weight is 186 g/mol. The summed E-state index contributed by atoms with van der Waals surface area (Å²) < 4.78 is 10.8. The molecule has 0 unspecified atom stereocenters. The van der Waals surface area contributed by atoms with E-state index in [4.69, 9.17) is 14.7 Å². The molecule has 0 aromatic heterocycles. The smallest absolute Gasteiger partial charge is 0.183 e. The Hall–Kier alpha value is -1.31. The first-order valence-electron chi connectivity index (χ1n) is 4.45. The highest BCUT2D eigenvalue weighted by Gasteiger charge is 2.19. The maximum atomic E-state index is 8.88. The lowest BCUT2D eigenvalue weighted by atomic mass is 9.81. The summed E-state index contributed by atoms with van der Waals surface area (Å²) in [5.74, 6) is 0. The van der Waals surface area contributed by atoms with Crippen LogP contribution in [0, 0.1) is 11.3 Å². The van der Waals surface area contributed by atoms with Crippen molar-refractivity contribution in [1.82, 2.24) is 0 Å². The topological polar surface area (TPSA) is 42.2 Å². The van der Waals surface area contributed by atoms with Gasteiger partial charge in [-0.3, -0.25) is 0 Å². The van der Waals surface area contributed by atoms with Crippen molar-refractivity contribution in [2.24, 2.45) is 0 Å². The van der Waals surface area contributed by atoms with Gasteiger partial charge in [0.25, 0.3) is 0 Å². The Balaban J connectivity index is 2.26. The molecule has 2 rings (SSSR count). The molecule has 4 heteroatoms. The van der Waals surface area contributed by atoms with Crippen molar-refractivity contribution in [1.29, 1.82) is 5.26 Å². The van der Waals surface area contributed by atoms with Crippen LogP contribution in [0.3, 0.4) is 0 Å². The van der Waals surface area contributed by atoms with Crippen molar-refractivity contribution in [3.63, 3.8) is 0 Å². The predicted octanol–water partition coefficient (Wildman–Crippen LogP) is 1.22. The van der Waals surface area contributed by atoms with Crippen molar-refractivity contribution in [3.8, 4) is 6.07 Å². The molecular formula is C10H9BNO2. The van der Waals surface area contributed by atoms with Crippen LogP contribution >= 0.6 is 0 Å². The van der Waals surface area contributed by atoms with E-state index >= 15 is 0 Å². The fourth-order valence-electron chi connectivity index (χ4n) is 1.39. The Morgan fingerprint density at radius 3 is 2.71 bits per heavy atom. The predicted molar refractivity (Wildman–Crippen MR) is 51.6 cm³/mol. The second-order valence-electron chi connectivity index (χ2n) is 2.99. The monoisotopic (exact) mass is 186 g/mol. The first kappa shape index (κ1) is 9.26. The summed E-state index contributed by atoms with van der Waals surface area (Å²) in [6.45, 7) is 1.15. The standard InChI is InChI=1S/C10H9BNO2/c12-5-8-3-1-2-4-9(8)10-13-6-11-7-14-10/h1-4,10H,6-7H2. The molecule has 1 aromatic rings. The molecule has 1 fully saturated rings. The maximum absolute atomic E-state index is 8.88. The summed E-state index contributed by atoms with van der Waals surface area (Å²) in [4.78, 5) is 0. The molecule has 1 heterocycles. The fraction of sp³-hybridized carbons (Fsp3) is 0.300. The van der Waals surface area contributed by atoms with E-state index in [-0.39, 0.29) is 0 Å². The molecule has 0 amide bonds. The van der Waals surface area contributed by atoms with Gasteiger partial charge in [-0.15, -0.1) is 0 Å². The quantitative estimate of drug-likeness (QED) is 0.619. The van der Waals surface area contributed by atoms with Gasteiger partial charge in [0.1, 0.15) is 0 Å². The molecule has 14 heavy (non-hydrogen) atoms. The normalized spacial score (nSPS) is 17.1. The third-order valence-corrected chi connectivity index (χ3v) is 2.07. The largest absolute Gasteiger partial charge is 0.357 e. The lowest BCUT2D eigenvalue weighted by molar-refractivity contribution is -0.136. The summed E-state index contributed by atoms with van der Waals surface area (Å²) in [7, 11) is 1.91. The molecule has 1 aromatic carbocycles. The van der Waals surface area contributed by atoms with Gasteiger partial charge in [0.15, 0.2) is 13.6 Å². The first-order valence-corrected chi connectivity index (χ1v) is 4.45. The van der Waals surface area contributed by atoms with Gasteiger partial charge >= 0.3 is 0 Å². The summed E-state index contributed by atoms with van der Waals surface area (Å²) in [6, 6.07) is 9.45. The van der Waals surface area contributed by atoms with Crippen LogP contribution in [0.2, 0.25) is 0 Å². The third kappa shape index (κ3) is 1.79. The van der Waals surface area contributed by atoms with E-state index in [1.807, 2.05) is 25.5 Å². The Labute approximate surface area is 83.5 Å². The van der Waals surface area contributed by atoms with E-state index in [1.165, 1.54) is 0 Å². The Morgan fingerprint density at radius 2 is 2.00 bits per heavy atom. The van der Waals surface area contributed by atoms with Crippen molar-refractivity contribution in [2.75, 3.05) is 13.0 Å². The van der Waals surface area contributed by atoms with E-state index in [0.29, 0.717) is 18.6 Å². The molecule has 1 aliphatic rings. The van der Waals surface area contributed by atoms with Crippen LogP contribution in [0.1, 0.15) is 17.4 Å². The van der Waals surface area contributed by atoms with Crippen molar-refractivity contribution >= 4 is 7.28 Å². The molecule has 0 aliphatic carbocycles. The highest BCUT2D eigenvalue weighted by atomic mass is 16.7. The molecule has 3 nitrogen and oxygen atoms in total. The van der Waals surface area contributed by atoms with E-state index in [9.17, 15) is 0 Å². The van der Waals surface area contributed by atoms with Gasteiger partial charge in [-0.05, 0) is 6.07 Å². The Morgan fingerprint density at radius 1 is 1.29 bits per heavy atom. The number of rotatable bonds is 1. The zero-order valence-corrected chi connectivity index (χ0v) is 7.64. The van der Waals surface area contributed by atoms with E-state index < -0.39 is 6.29 Å². The highest BCUT2D eigenvalue weighted by Crippen LogP contribution is 2.23. The minimum Gasteiger partial charge on any atom is -0.357 e. The molecule has 69 valence electrons. The van der Waals surface area contributed by atoms with E-state index in [0.717, 1.165) is 5.56 Å². The van der Waals surface area contributed by atoms with Crippen LogP contribution in [0.5, 0.6) is 0 Å². The second kappa shape index (κ2) is 4.27. The number of nitriles is 1. The molecule has 0 atom stereocenters. The van der Waals surface area contributed by atoms with Crippen LogP contribution in [0.25, 0.3) is 0 Å². The SMILES string of the molecule is N#Cc1ccccc1C1OC[B]CO1. The number of ether oxygens (including phenoxy) is 2. The van der Waals surface area contributed by atoms with Crippen LogP contribution in [0.4, 0.5) is 0 Å². The van der Waals surface area contributed by atoms with Gasteiger partial charge in [0.2, 0.25) is 0 Å². The molecule has 0 N–H and O–H groups in total. The fourth-order valence-corrected chi connectivity index (χ4v) is 1.39. The molecular weight excluding hydrogens is 177 g/mol. The van der Waals surface area contributed by atoms with Gasteiger partial charge in [0, 0.05) is 18.6 Å². The molecule has 0 bridgehead atoms. The van der Waals surface area contributed by atoms with Gasteiger partial charge in [-0.2, -0.15) is 5.26 Å². The number of nitrogens with zero attached hydrogens (tertiary/aromatic N) is 1. The molecule has 1 saturated heterocycles. The average Bonchev–Trinajstić information content (AvgIpc) is 2.30. The Kier molecular flexibility index (Phi) is 2.83. The van der Waals surface area contributed by atoms with Crippen LogP contribution in [0.15, 0.2) is 24.3 Å². The summed E-state index contributed by atoms with van der Waals surface area (Å²) in [5.41, 5.74) is 1.42. The van der Waals surface area contributed by atoms with E-state index in [2.05, 4.69) is 6.07 Å². The van der Waals surface area contributed by atoms with Gasteiger partial charge in [0.05, 0.1) is 11.6 Å². The van der Waals surface area contributed by atoms with Crippen LogP contribution in [-0.2, 0) is 9.47 Å². The van der Waals surface area contributed by atoms with Crippen molar-refractivity contribution in [2.45, 2.75) is 6.29 Å². The van der Waals surface area contributed by atoms with Crippen molar-refractivity contribution < 1.29 is 9.47 Å². The Bertz CT molecular complexity index is 355. The molecule has 1 radical (unpaired) electrons. The minimum absolute atomic E-state index is 0.393. The number of hydrogen-bond donors (Lipinski definition) is 0. The zero-order valence-electron chi connectivity index (χ0n) is 7.64. The summed E-state index contributed by atoms with van der Waals surface area (Å²) in [6.07, 6.45) is -0.393. The molecule has 0 saturated carbocycles. The summed E-state index contributed by atoms with van der Waals surface area (Å²) in [5, 5.41) is 8.88. The first-order chi connectivity index (χ1) is 6.92. The van der Waals surface area contributed by atoms with Crippen LogP contribution < -0.4 is 0 Å². The number of hydrogen-bond acceptors (Lipinski definition) is 3. The number of benzene rings is 1. The molecule has 1 aliphatic heterocycles. The van der Waals surface area contributed by atoms with Crippen molar-refractivity contribution in [3.05, 3.63) is 35.4 Å². The highest BCUT2D eigenvalue weighted by molar-refractivity contribution is 6.35. The summed E-state index contributed by atoms with van der Waals surface area (Å²) >= 11 is 0. The lowest BCUT2D eigenvalue weighted by Gasteiger charge is -2.23. The zero-order chi connectivity index (χ0) is 9.80. The van der Waals surface area contributed by atoms with Gasteiger partial charge in [-0.1, -0.05) is 18.2 Å². The lowest BCUT2D eigenvalue weighted by Crippen LogP contribution is -2.24. The minimum atomic E-state index is -0.393. The van der Waals surface area contributed by atoms with Crippen LogP contribution in [-0.4, -0.2) is 20.3 Å². The third-order valence-electron chi connectivity index (χ3n) is 2.07. The molecule has 0 spiro atoms. The van der Waals surface area contributed by atoms with E-state index in [1.54, 1.807) is 6.07 Å². The maximum Gasteiger partial charge on any atom is 0.183 e. The second-order valence-corrected chi connectivity index (χ2v) is 2.99.